The first-order chi connectivity index (χ1) is 11.6. The molecule has 7 heteroatoms. The predicted octanol–water partition coefficient (Wildman–Crippen LogP) is -0.124. The van der Waals surface area contributed by atoms with Crippen LogP contribution in [0.2, 0.25) is 0 Å². The van der Waals surface area contributed by atoms with Crippen molar-refractivity contribution in [2.45, 2.75) is 25.4 Å². The van der Waals surface area contributed by atoms with E-state index in [0.29, 0.717) is 24.4 Å². The van der Waals surface area contributed by atoms with Gasteiger partial charge in [-0.2, -0.15) is 0 Å². The lowest BCUT2D eigenvalue weighted by Crippen LogP contribution is -2.52. The van der Waals surface area contributed by atoms with Crippen molar-refractivity contribution in [3.63, 3.8) is 0 Å². The van der Waals surface area contributed by atoms with Gasteiger partial charge in [0.1, 0.15) is 6.04 Å². The number of imide groups is 1. The van der Waals surface area contributed by atoms with E-state index < -0.39 is 6.04 Å². The van der Waals surface area contributed by atoms with Gasteiger partial charge in [0.05, 0.1) is 0 Å². The summed E-state index contributed by atoms with van der Waals surface area (Å²) in [4.78, 5) is 39.7. The zero-order valence-corrected chi connectivity index (χ0v) is 13.2. The summed E-state index contributed by atoms with van der Waals surface area (Å²) < 4.78 is 0. The number of carbonyl (C=O) groups is 3. The van der Waals surface area contributed by atoms with Crippen molar-refractivity contribution in [2.75, 3.05) is 24.6 Å². The molecule has 3 heterocycles. The summed E-state index contributed by atoms with van der Waals surface area (Å²) in [6.07, 6.45) is 0.639. The Morgan fingerprint density at radius 1 is 1.21 bits per heavy atom. The molecule has 0 saturated carbocycles. The molecule has 126 valence electrons. The van der Waals surface area contributed by atoms with Crippen molar-refractivity contribution in [3.05, 3.63) is 29.3 Å². The fraction of sp³-hybridized carbons (Fsp3) is 0.471. The SMILES string of the molecule is O=C1CCC(N2Cc3ccc(N4CC(CO)C4)cc3C2=O)C(=O)N1. The number of fused-ring (bicyclic) bond motifs is 1. The Morgan fingerprint density at radius 3 is 2.71 bits per heavy atom. The first-order valence-electron chi connectivity index (χ1n) is 8.20. The molecule has 0 aromatic heterocycles. The highest BCUT2D eigenvalue weighted by molar-refractivity contribution is 6.05. The summed E-state index contributed by atoms with van der Waals surface area (Å²) in [7, 11) is 0. The molecule has 0 spiro atoms. The van der Waals surface area contributed by atoms with Gasteiger partial charge in [-0.1, -0.05) is 6.07 Å². The van der Waals surface area contributed by atoms with Crippen LogP contribution in [0.4, 0.5) is 5.69 Å². The molecule has 0 bridgehead atoms. The lowest BCUT2D eigenvalue weighted by atomic mass is 9.99. The molecule has 2 fully saturated rings. The smallest absolute Gasteiger partial charge is 0.255 e. The predicted molar refractivity (Wildman–Crippen MR) is 85.3 cm³/mol. The second-order valence-electron chi connectivity index (χ2n) is 6.69. The first kappa shape index (κ1) is 15.1. The van der Waals surface area contributed by atoms with Gasteiger partial charge in [-0.05, 0) is 24.1 Å². The standard InChI is InChI=1S/C17H19N3O4/c21-9-10-6-19(7-10)12-2-1-11-8-20(17(24)13(11)5-12)14-3-4-15(22)18-16(14)23/h1-2,5,10,14,21H,3-4,6-9H2,(H,18,22,23). The van der Waals surface area contributed by atoms with Crippen LogP contribution in [0.3, 0.4) is 0 Å². The quantitative estimate of drug-likeness (QED) is 0.755. The number of nitrogens with one attached hydrogen (secondary N) is 1. The second kappa shape index (κ2) is 5.59. The van der Waals surface area contributed by atoms with Gasteiger partial charge in [0.2, 0.25) is 11.8 Å². The molecule has 0 aliphatic carbocycles. The van der Waals surface area contributed by atoms with E-state index in [-0.39, 0.29) is 30.7 Å². The number of aliphatic hydroxyl groups is 1. The molecule has 1 aromatic carbocycles. The number of rotatable bonds is 3. The molecule has 7 nitrogen and oxygen atoms in total. The molecule has 0 radical (unpaired) electrons. The highest BCUT2D eigenvalue weighted by Gasteiger charge is 2.39. The van der Waals surface area contributed by atoms with Gasteiger partial charge < -0.3 is 14.9 Å². The highest BCUT2D eigenvalue weighted by atomic mass is 16.3. The Balaban J connectivity index is 1.53. The van der Waals surface area contributed by atoms with Gasteiger partial charge in [0, 0.05) is 49.8 Å². The number of nitrogens with zero attached hydrogens (tertiary/aromatic N) is 2. The van der Waals surface area contributed by atoms with E-state index in [2.05, 4.69) is 10.2 Å². The molecule has 24 heavy (non-hydrogen) atoms. The highest BCUT2D eigenvalue weighted by Crippen LogP contribution is 2.32. The van der Waals surface area contributed by atoms with Crippen LogP contribution in [0.25, 0.3) is 0 Å². The first-order valence-corrected chi connectivity index (χ1v) is 8.20. The van der Waals surface area contributed by atoms with Crippen LogP contribution < -0.4 is 10.2 Å². The van der Waals surface area contributed by atoms with Crippen molar-refractivity contribution in [3.8, 4) is 0 Å². The van der Waals surface area contributed by atoms with Crippen LogP contribution in [0.1, 0.15) is 28.8 Å². The molecule has 2 N–H and O–H groups in total. The average molecular weight is 329 g/mol. The van der Waals surface area contributed by atoms with E-state index in [1.807, 2.05) is 18.2 Å². The van der Waals surface area contributed by atoms with E-state index in [9.17, 15) is 14.4 Å². The fourth-order valence-electron chi connectivity index (χ4n) is 3.64. The third kappa shape index (κ3) is 2.36. The number of piperidine rings is 1. The van der Waals surface area contributed by atoms with Gasteiger partial charge in [0.25, 0.3) is 5.91 Å². The number of hydrogen-bond acceptors (Lipinski definition) is 5. The van der Waals surface area contributed by atoms with Crippen LogP contribution in [-0.4, -0.2) is 53.5 Å². The third-order valence-corrected chi connectivity index (χ3v) is 5.09. The maximum absolute atomic E-state index is 12.7. The molecule has 1 aromatic rings. The molecule has 1 unspecified atom stereocenters. The van der Waals surface area contributed by atoms with Crippen molar-refractivity contribution in [1.82, 2.24) is 10.2 Å². The van der Waals surface area contributed by atoms with E-state index in [1.54, 1.807) is 4.90 Å². The zero-order chi connectivity index (χ0) is 16.8. The normalized spacial score (nSPS) is 24.0. The molecule has 2 saturated heterocycles. The van der Waals surface area contributed by atoms with E-state index in [4.69, 9.17) is 5.11 Å². The second-order valence-corrected chi connectivity index (χ2v) is 6.69. The summed E-state index contributed by atoms with van der Waals surface area (Å²) in [5, 5.41) is 11.4. The van der Waals surface area contributed by atoms with Gasteiger partial charge >= 0.3 is 0 Å². The topological polar surface area (TPSA) is 90.0 Å². The van der Waals surface area contributed by atoms with Gasteiger partial charge in [-0.25, -0.2) is 0 Å². The summed E-state index contributed by atoms with van der Waals surface area (Å²) in [5.74, 6) is -0.519. The molecule has 3 amide bonds. The van der Waals surface area contributed by atoms with Gasteiger partial charge in [-0.3, -0.25) is 19.7 Å². The fourth-order valence-corrected chi connectivity index (χ4v) is 3.64. The molecular weight excluding hydrogens is 310 g/mol. The largest absolute Gasteiger partial charge is 0.396 e. The number of aliphatic hydroxyl groups excluding tert-OH is 1. The summed E-state index contributed by atoms with van der Waals surface area (Å²) in [5.41, 5.74) is 2.51. The van der Waals surface area contributed by atoms with Crippen molar-refractivity contribution >= 4 is 23.4 Å². The van der Waals surface area contributed by atoms with E-state index in [0.717, 1.165) is 24.3 Å². The number of amides is 3. The summed E-state index contributed by atoms with van der Waals surface area (Å²) in [6.45, 7) is 2.17. The molecule has 3 aliphatic rings. The number of benzene rings is 1. The van der Waals surface area contributed by atoms with Crippen molar-refractivity contribution in [1.29, 1.82) is 0 Å². The van der Waals surface area contributed by atoms with Crippen LogP contribution >= 0.6 is 0 Å². The average Bonchev–Trinajstić information content (AvgIpc) is 2.83. The Morgan fingerprint density at radius 2 is 2.00 bits per heavy atom. The number of anilines is 1. The van der Waals surface area contributed by atoms with Crippen LogP contribution in [0, 0.1) is 5.92 Å². The molecular formula is C17H19N3O4. The van der Waals surface area contributed by atoms with Crippen LogP contribution in [-0.2, 0) is 16.1 Å². The Hall–Kier alpha value is -2.41. The summed E-state index contributed by atoms with van der Waals surface area (Å²) in [6, 6.07) is 5.21. The van der Waals surface area contributed by atoms with Crippen molar-refractivity contribution in [2.24, 2.45) is 5.92 Å². The Labute approximate surface area is 139 Å². The van der Waals surface area contributed by atoms with Crippen LogP contribution in [0.5, 0.6) is 0 Å². The number of hydrogen-bond donors (Lipinski definition) is 2. The maximum Gasteiger partial charge on any atom is 0.255 e. The monoisotopic (exact) mass is 329 g/mol. The minimum atomic E-state index is -0.575. The Kier molecular flexibility index (Phi) is 3.53. The molecule has 3 aliphatic heterocycles. The summed E-state index contributed by atoms with van der Waals surface area (Å²) >= 11 is 0. The van der Waals surface area contributed by atoms with E-state index >= 15 is 0 Å². The zero-order valence-electron chi connectivity index (χ0n) is 13.2. The third-order valence-electron chi connectivity index (χ3n) is 5.09. The minimum Gasteiger partial charge on any atom is -0.396 e. The molecule has 4 rings (SSSR count). The lowest BCUT2D eigenvalue weighted by Gasteiger charge is -2.40. The lowest BCUT2D eigenvalue weighted by molar-refractivity contribution is -0.136. The van der Waals surface area contributed by atoms with Gasteiger partial charge in [0.15, 0.2) is 0 Å². The molecule has 1 atom stereocenters. The Bertz CT molecular complexity index is 727. The van der Waals surface area contributed by atoms with Gasteiger partial charge in [-0.15, -0.1) is 0 Å². The number of carbonyl (C=O) groups excluding carboxylic acids is 3. The minimum absolute atomic E-state index is 0.152. The van der Waals surface area contributed by atoms with Crippen molar-refractivity contribution < 1.29 is 19.5 Å². The maximum atomic E-state index is 12.7. The van der Waals surface area contributed by atoms with Crippen LogP contribution in [0.15, 0.2) is 18.2 Å². The van der Waals surface area contributed by atoms with E-state index in [1.165, 1.54) is 0 Å².